The number of fused-ring (bicyclic) bond motifs is 1. The van der Waals surface area contributed by atoms with E-state index in [2.05, 4.69) is 30.0 Å². The molecule has 2 aromatic rings. The minimum Gasteiger partial charge on any atom is -0.507 e. The van der Waals surface area contributed by atoms with Crippen molar-refractivity contribution in [2.24, 2.45) is 0 Å². The summed E-state index contributed by atoms with van der Waals surface area (Å²) < 4.78 is 2.26. The van der Waals surface area contributed by atoms with Crippen LogP contribution in [0.2, 0.25) is 0 Å². The van der Waals surface area contributed by atoms with Gasteiger partial charge in [0, 0.05) is 23.3 Å². The molecule has 0 aliphatic heterocycles. The Morgan fingerprint density at radius 1 is 0.655 bits per heavy atom. The molecular weight excluding hydrogens is 354 g/mol. The van der Waals surface area contributed by atoms with Crippen LogP contribution < -0.4 is 4.57 Å². The lowest BCUT2D eigenvalue weighted by Crippen LogP contribution is -2.32. The molecule has 1 N–H and O–H groups in total. The lowest BCUT2D eigenvalue weighted by Gasteiger charge is -2.03. The number of phenolic OH excluding ortho intramolecular Hbond substituents is 1. The van der Waals surface area contributed by atoms with Crippen LogP contribution in [-0.4, -0.2) is 5.11 Å². The number of aryl methyl sites for hydroxylation is 1. The summed E-state index contributed by atoms with van der Waals surface area (Å²) in [5.74, 6) is 0.372. The third kappa shape index (κ3) is 10.1. The average Bonchev–Trinajstić information content (AvgIpc) is 2.73. The van der Waals surface area contributed by atoms with Gasteiger partial charge in [-0.05, 0) is 18.6 Å². The third-order valence-electron chi connectivity index (χ3n) is 6.12. The maximum atomic E-state index is 9.88. The number of benzene rings is 1. The highest BCUT2D eigenvalue weighted by Gasteiger charge is 2.05. The second-order valence-corrected chi connectivity index (χ2v) is 8.77. The van der Waals surface area contributed by atoms with Crippen LogP contribution in [0.1, 0.15) is 110 Å². The molecule has 162 valence electrons. The zero-order valence-electron chi connectivity index (χ0n) is 18.9. The number of phenols is 1. The summed E-state index contributed by atoms with van der Waals surface area (Å²) in [5, 5.41) is 11.9. The van der Waals surface area contributed by atoms with Crippen molar-refractivity contribution in [1.29, 1.82) is 0 Å². The van der Waals surface area contributed by atoms with Gasteiger partial charge in [-0.2, -0.15) is 0 Å². The van der Waals surface area contributed by atoms with Crippen molar-refractivity contribution >= 4 is 10.8 Å². The Morgan fingerprint density at radius 3 is 1.72 bits per heavy atom. The predicted molar refractivity (Wildman–Crippen MR) is 125 cm³/mol. The molecule has 0 fully saturated rings. The monoisotopic (exact) mass is 398 g/mol. The molecule has 2 rings (SSSR count). The third-order valence-corrected chi connectivity index (χ3v) is 6.12. The van der Waals surface area contributed by atoms with Crippen molar-refractivity contribution in [2.75, 3.05) is 0 Å². The predicted octanol–water partition coefficient (Wildman–Crippen LogP) is 8.09. The van der Waals surface area contributed by atoms with Crippen molar-refractivity contribution in [3.05, 3.63) is 36.7 Å². The second-order valence-electron chi connectivity index (χ2n) is 8.77. The van der Waals surface area contributed by atoms with Gasteiger partial charge in [-0.25, -0.2) is 4.57 Å². The van der Waals surface area contributed by atoms with Crippen LogP contribution in [0.15, 0.2) is 36.7 Å². The summed E-state index contributed by atoms with van der Waals surface area (Å²) >= 11 is 0. The van der Waals surface area contributed by atoms with Crippen LogP contribution in [0.4, 0.5) is 0 Å². The van der Waals surface area contributed by atoms with Crippen LogP contribution in [0.3, 0.4) is 0 Å². The SMILES string of the molecule is CCCCCCCCCCCCCCCCCC[n+]1ccc2c(O)cccc2c1. The van der Waals surface area contributed by atoms with Crippen LogP contribution in [0, 0.1) is 0 Å². The van der Waals surface area contributed by atoms with Gasteiger partial charge in [0.25, 0.3) is 0 Å². The van der Waals surface area contributed by atoms with Crippen LogP contribution in [0.25, 0.3) is 10.8 Å². The van der Waals surface area contributed by atoms with Crippen molar-refractivity contribution < 1.29 is 9.67 Å². The van der Waals surface area contributed by atoms with Gasteiger partial charge < -0.3 is 5.11 Å². The molecule has 1 aromatic heterocycles. The number of aromatic hydroxyl groups is 1. The molecular formula is C27H44NO+. The number of rotatable bonds is 17. The summed E-state index contributed by atoms with van der Waals surface area (Å²) in [5.41, 5.74) is 0. The molecule has 29 heavy (non-hydrogen) atoms. The van der Waals surface area contributed by atoms with Crippen molar-refractivity contribution in [1.82, 2.24) is 0 Å². The molecule has 0 radical (unpaired) electrons. The van der Waals surface area contributed by atoms with E-state index in [9.17, 15) is 5.11 Å². The fourth-order valence-electron chi connectivity index (χ4n) is 4.24. The number of nitrogens with zero attached hydrogens (tertiary/aromatic N) is 1. The average molecular weight is 399 g/mol. The Morgan fingerprint density at radius 2 is 1.17 bits per heavy atom. The number of hydrogen-bond acceptors (Lipinski definition) is 1. The van der Waals surface area contributed by atoms with Gasteiger partial charge in [0.15, 0.2) is 12.4 Å². The molecule has 0 unspecified atom stereocenters. The van der Waals surface area contributed by atoms with Crippen molar-refractivity contribution in [3.8, 4) is 5.75 Å². The minimum atomic E-state index is 0.372. The lowest BCUT2D eigenvalue weighted by molar-refractivity contribution is -0.696. The smallest absolute Gasteiger partial charge is 0.176 e. The molecule has 1 heterocycles. The summed E-state index contributed by atoms with van der Waals surface area (Å²) in [6.45, 7) is 3.36. The van der Waals surface area contributed by atoms with E-state index >= 15 is 0 Å². The fraction of sp³-hybridized carbons (Fsp3) is 0.667. The molecule has 2 heteroatoms. The lowest BCUT2D eigenvalue weighted by atomic mass is 10.0. The Kier molecular flexibility index (Phi) is 12.5. The number of aromatic nitrogens is 1. The van der Waals surface area contributed by atoms with Gasteiger partial charge >= 0.3 is 0 Å². The van der Waals surface area contributed by atoms with Crippen LogP contribution in [0.5, 0.6) is 5.75 Å². The van der Waals surface area contributed by atoms with E-state index in [4.69, 9.17) is 0 Å². The highest BCUT2D eigenvalue weighted by Crippen LogP contribution is 2.22. The molecule has 2 nitrogen and oxygen atoms in total. The minimum absolute atomic E-state index is 0.372. The van der Waals surface area contributed by atoms with Gasteiger partial charge in [-0.3, -0.25) is 0 Å². The van der Waals surface area contributed by atoms with E-state index in [0.29, 0.717) is 5.75 Å². The van der Waals surface area contributed by atoms with Crippen molar-refractivity contribution in [3.63, 3.8) is 0 Å². The first-order valence-corrected chi connectivity index (χ1v) is 12.4. The molecule has 0 saturated heterocycles. The van der Waals surface area contributed by atoms with E-state index in [-0.39, 0.29) is 0 Å². The normalized spacial score (nSPS) is 11.3. The van der Waals surface area contributed by atoms with Crippen LogP contribution in [-0.2, 0) is 6.54 Å². The first-order chi connectivity index (χ1) is 14.3. The van der Waals surface area contributed by atoms with E-state index in [1.165, 1.54) is 103 Å². The van der Waals surface area contributed by atoms with Gasteiger partial charge in [-0.1, -0.05) is 103 Å². The summed E-state index contributed by atoms with van der Waals surface area (Å²) in [6.07, 6.45) is 26.8. The molecule has 0 spiro atoms. The number of pyridine rings is 1. The summed E-state index contributed by atoms with van der Waals surface area (Å²) in [4.78, 5) is 0. The van der Waals surface area contributed by atoms with Gasteiger partial charge in [0.1, 0.15) is 12.3 Å². The standard InChI is InChI=1S/C27H43NO/c1-2-3-4-5-6-7-8-9-10-11-12-13-14-15-16-17-22-28-23-21-26-25(24-28)19-18-20-27(26)29/h18-21,23-24H,2-17,22H2,1H3/p+1. The highest BCUT2D eigenvalue weighted by molar-refractivity contribution is 5.86. The van der Waals surface area contributed by atoms with E-state index in [1.807, 2.05) is 12.1 Å². The van der Waals surface area contributed by atoms with E-state index in [0.717, 1.165) is 17.3 Å². The maximum Gasteiger partial charge on any atom is 0.176 e. The molecule has 0 aliphatic carbocycles. The van der Waals surface area contributed by atoms with Crippen molar-refractivity contribution in [2.45, 2.75) is 116 Å². The summed E-state index contributed by atoms with van der Waals surface area (Å²) in [6, 6.07) is 7.76. The van der Waals surface area contributed by atoms with E-state index < -0.39 is 0 Å². The molecule has 0 bridgehead atoms. The maximum absolute atomic E-state index is 9.88. The fourth-order valence-corrected chi connectivity index (χ4v) is 4.24. The summed E-state index contributed by atoms with van der Waals surface area (Å²) in [7, 11) is 0. The van der Waals surface area contributed by atoms with Gasteiger partial charge in [0.2, 0.25) is 0 Å². The Bertz CT molecular complexity index is 667. The largest absolute Gasteiger partial charge is 0.507 e. The Balaban J connectivity index is 1.38. The first-order valence-electron chi connectivity index (χ1n) is 12.4. The topological polar surface area (TPSA) is 24.1 Å². The molecule has 0 amide bonds. The second kappa shape index (κ2) is 15.3. The molecule has 0 aliphatic rings. The first kappa shape index (κ1) is 23.7. The van der Waals surface area contributed by atoms with Gasteiger partial charge in [0.05, 0.1) is 0 Å². The molecule has 1 aromatic carbocycles. The Labute approximate surface area is 179 Å². The molecule has 0 saturated carbocycles. The Hall–Kier alpha value is -1.57. The quantitative estimate of drug-likeness (QED) is 0.211. The number of hydrogen-bond donors (Lipinski definition) is 1. The van der Waals surface area contributed by atoms with Crippen LogP contribution >= 0.6 is 0 Å². The zero-order valence-corrected chi connectivity index (χ0v) is 18.9. The number of unbranched alkanes of at least 4 members (excludes halogenated alkanes) is 15. The highest BCUT2D eigenvalue weighted by atomic mass is 16.3. The molecule has 0 atom stereocenters. The van der Waals surface area contributed by atoms with Gasteiger partial charge in [-0.15, -0.1) is 0 Å². The van der Waals surface area contributed by atoms with E-state index in [1.54, 1.807) is 6.07 Å². The zero-order chi connectivity index (χ0) is 20.6.